The van der Waals surface area contributed by atoms with Crippen molar-refractivity contribution in [3.8, 4) is 0 Å². The van der Waals surface area contributed by atoms with Gasteiger partial charge in [0.25, 0.3) is 0 Å². The Morgan fingerprint density at radius 2 is 1.96 bits per heavy atom. The van der Waals surface area contributed by atoms with E-state index < -0.39 is 11.7 Å². The van der Waals surface area contributed by atoms with E-state index in [4.69, 9.17) is 4.74 Å². The predicted octanol–water partition coefficient (Wildman–Crippen LogP) is 2.61. The summed E-state index contributed by atoms with van der Waals surface area (Å²) in [5.41, 5.74) is 0.0364. The molecule has 1 aromatic rings. The molecule has 0 aromatic heterocycles. The number of alkyl halides is 3. The number of hydrogen-bond donors (Lipinski definition) is 0. The second kappa shape index (κ2) is 5.80. The molecule has 0 radical (unpaired) electrons. The van der Waals surface area contributed by atoms with Gasteiger partial charge in [-0.05, 0) is 23.3 Å². The van der Waals surface area contributed by atoms with E-state index in [1.54, 1.807) is 0 Å². The first-order valence-corrected chi connectivity index (χ1v) is 7.18. The number of fused-ring (bicyclic) bond motifs is 1. The fourth-order valence-corrected chi connectivity index (χ4v) is 2.61. The van der Waals surface area contributed by atoms with Crippen LogP contribution in [0, 0.1) is 0 Å². The maximum Gasteiger partial charge on any atom is 0.416 e. The summed E-state index contributed by atoms with van der Waals surface area (Å²) < 4.78 is 45.7. The van der Waals surface area contributed by atoms with Crippen LogP contribution in [0.15, 0.2) is 28.5 Å². The van der Waals surface area contributed by atoms with Gasteiger partial charge in [0.2, 0.25) is 0 Å². The highest BCUT2D eigenvalue weighted by atomic mass is 19.4. The van der Waals surface area contributed by atoms with Crippen molar-refractivity contribution in [2.24, 2.45) is 10.3 Å². The molecule has 0 amide bonds. The number of rotatable bonds is 0. The van der Waals surface area contributed by atoms with E-state index in [9.17, 15) is 13.2 Å². The van der Waals surface area contributed by atoms with Crippen molar-refractivity contribution < 1.29 is 22.6 Å². The summed E-state index contributed by atoms with van der Waals surface area (Å²) in [5, 5.41) is 8.03. The van der Waals surface area contributed by atoms with E-state index >= 15 is 0 Å². The van der Waals surface area contributed by atoms with Gasteiger partial charge in [0.15, 0.2) is 11.4 Å². The fourth-order valence-electron chi connectivity index (χ4n) is 2.61. The average molecular weight is 328 g/mol. The number of halogens is 3. The highest BCUT2D eigenvalue weighted by molar-refractivity contribution is 5.77. The van der Waals surface area contributed by atoms with Crippen LogP contribution in [0.25, 0.3) is 0 Å². The topological polar surface area (TPSA) is 43.4 Å². The van der Waals surface area contributed by atoms with Gasteiger partial charge < -0.3 is 4.74 Å². The molecule has 23 heavy (non-hydrogen) atoms. The van der Waals surface area contributed by atoms with Crippen LogP contribution in [0.5, 0.6) is 0 Å². The number of ether oxygens (including phenoxy) is 1. The lowest BCUT2D eigenvalue weighted by Crippen LogP contribution is -2.49. The molecule has 3 rings (SSSR count). The molecule has 0 spiro atoms. The molecule has 0 atom stereocenters. The van der Waals surface area contributed by atoms with E-state index in [1.165, 1.54) is 10.8 Å². The van der Waals surface area contributed by atoms with E-state index in [0.717, 1.165) is 12.1 Å². The minimum atomic E-state index is -4.40. The Morgan fingerprint density at radius 3 is 2.57 bits per heavy atom. The van der Waals surface area contributed by atoms with Crippen molar-refractivity contribution in [1.29, 1.82) is 0 Å². The van der Waals surface area contributed by atoms with Gasteiger partial charge in [0, 0.05) is 19.3 Å². The number of guanidine groups is 1. The molecule has 0 saturated carbocycles. The lowest BCUT2D eigenvalue weighted by atomic mass is 10.1. The van der Waals surface area contributed by atoms with Crippen LogP contribution in [0.2, 0.25) is 0 Å². The molecule has 2 aliphatic rings. The maximum atomic E-state index is 13.0. The largest absolute Gasteiger partial charge is 0.416 e. The standard InChI is InChI=1S/C14H17F3N5O/c1-20(2)13(21-5-7-23-8-6-21)22-12-9-10(14(15,16)17)3-4-11(12)18-19-22/h3-4,9H,5-8H2,1-2H3/q+1. The molecule has 0 unspecified atom stereocenters. The maximum absolute atomic E-state index is 13.0. The Hall–Kier alpha value is -2.16. The minimum Gasteiger partial charge on any atom is -0.376 e. The third-order valence-electron chi connectivity index (χ3n) is 3.66. The summed E-state index contributed by atoms with van der Waals surface area (Å²) in [6.07, 6.45) is -4.40. The monoisotopic (exact) mass is 328 g/mol. The molecule has 6 nitrogen and oxygen atoms in total. The number of nitrogens with zero attached hydrogens (tertiary/aromatic N) is 5. The summed E-state index contributed by atoms with van der Waals surface area (Å²) in [6, 6.07) is 3.44. The summed E-state index contributed by atoms with van der Waals surface area (Å²) in [6.45, 7) is 2.43. The number of morpholine rings is 1. The molecule has 0 aliphatic carbocycles. The molecule has 0 N–H and O–H groups in total. The van der Waals surface area contributed by atoms with Gasteiger partial charge in [-0.1, -0.05) is 4.68 Å². The quantitative estimate of drug-likeness (QED) is 0.543. The molecule has 1 fully saturated rings. The minimum absolute atomic E-state index is 0.329. The van der Waals surface area contributed by atoms with Gasteiger partial charge in [0.1, 0.15) is 0 Å². The van der Waals surface area contributed by atoms with E-state index in [1.807, 2.05) is 23.9 Å². The Bertz CT molecular complexity index is 663. The van der Waals surface area contributed by atoms with Gasteiger partial charge in [-0.2, -0.15) is 13.2 Å². The first kappa shape index (κ1) is 15.7. The van der Waals surface area contributed by atoms with E-state index in [2.05, 4.69) is 10.3 Å². The molecule has 2 aliphatic heterocycles. The van der Waals surface area contributed by atoms with Gasteiger partial charge in [-0.3, -0.25) is 9.80 Å². The van der Waals surface area contributed by atoms with Crippen LogP contribution in [-0.4, -0.2) is 60.8 Å². The van der Waals surface area contributed by atoms with Gasteiger partial charge in [-0.25, -0.2) is 0 Å². The summed E-state index contributed by atoms with van der Waals surface area (Å²) in [5.74, 6) is 0.676. The third-order valence-corrected chi connectivity index (χ3v) is 3.66. The van der Waals surface area contributed by atoms with Crippen LogP contribution in [0.4, 0.5) is 24.5 Å². The Morgan fingerprint density at radius 1 is 1.26 bits per heavy atom. The van der Waals surface area contributed by atoms with Crippen molar-refractivity contribution >= 4 is 17.3 Å². The Balaban J connectivity index is 2.08. The summed E-state index contributed by atoms with van der Waals surface area (Å²) in [7, 11) is 3.65. The highest BCUT2D eigenvalue weighted by Gasteiger charge is 2.35. The Kier molecular flexibility index (Phi) is 3.97. The van der Waals surface area contributed by atoms with Crippen LogP contribution in [0.3, 0.4) is 0 Å². The molecule has 2 heterocycles. The molecule has 124 valence electrons. The summed E-state index contributed by atoms with van der Waals surface area (Å²) in [4.78, 5) is 3.84. The van der Waals surface area contributed by atoms with Crippen LogP contribution < -0.4 is 0 Å². The summed E-state index contributed by atoms with van der Waals surface area (Å²) >= 11 is 0. The van der Waals surface area contributed by atoms with Gasteiger partial charge in [0.05, 0.1) is 31.9 Å². The van der Waals surface area contributed by atoms with E-state index in [-0.39, 0.29) is 0 Å². The molecule has 1 saturated heterocycles. The molecule has 0 bridgehead atoms. The second-order valence-electron chi connectivity index (χ2n) is 5.50. The van der Waals surface area contributed by atoms with Gasteiger partial charge >= 0.3 is 12.1 Å². The highest BCUT2D eigenvalue weighted by Crippen LogP contribution is 2.39. The second-order valence-corrected chi connectivity index (χ2v) is 5.50. The zero-order valence-electron chi connectivity index (χ0n) is 12.8. The number of benzene rings is 1. The third kappa shape index (κ3) is 3.00. The first-order chi connectivity index (χ1) is 10.9. The first-order valence-electron chi connectivity index (χ1n) is 7.18. The van der Waals surface area contributed by atoms with Crippen molar-refractivity contribution in [3.63, 3.8) is 0 Å². The smallest absolute Gasteiger partial charge is 0.376 e. The zero-order chi connectivity index (χ0) is 16.6. The van der Waals surface area contributed by atoms with Crippen LogP contribution in [-0.2, 0) is 10.9 Å². The molecular formula is C14H17F3N5O+. The fraction of sp³-hybridized carbons (Fsp3) is 0.500. The number of hydrogen-bond acceptors (Lipinski definition) is 3. The van der Waals surface area contributed by atoms with Crippen molar-refractivity contribution in [2.45, 2.75) is 6.18 Å². The van der Waals surface area contributed by atoms with Crippen LogP contribution in [0.1, 0.15) is 5.56 Å². The Labute approximate surface area is 131 Å². The average Bonchev–Trinajstić information content (AvgIpc) is 2.90. The van der Waals surface area contributed by atoms with Crippen molar-refractivity contribution in [3.05, 3.63) is 23.8 Å². The van der Waals surface area contributed by atoms with Crippen molar-refractivity contribution in [2.75, 3.05) is 40.4 Å². The molecular weight excluding hydrogens is 311 g/mol. The van der Waals surface area contributed by atoms with Crippen molar-refractivity contribution in [1.82, 2.24) is 9.80 Å². The van der Waals surface area contributed by atoms with Crippen LogP contribution >= 0.6 is 0 Å². The molecule has 1 aromatic carbocycles. The molecule has 9 heteroatoms. The zero-order valence-corrected chi connectivity index (χ0v) is 12.8. The SMILES string of the molecule is CN(C)C(N1CCOCC1)=[N+]1N=Nc2ccc(C(F)(F)F)cc21. The normalized spacial score (nSPS) is 19.8. The predicted molar refractivity (Wildman–Crippen MR) is 77.0 cm³/mol. The lowest BCUT2D eigenvalue weighted by molar-refractivity contribution is -0.459. The van der Waals surface area contributed by atoms with E-state index in [0.29, 0.717) is 43.6 Å². The van der Waals surface area contributed by atoms with Gasteiger partial charge in [-0.15, -0.1) is 0 Å². The lowest BCUT2D eigenvalue weighted by Gasteiger charge is -2.28.